The van der Waals surface area contributed by atoms with Crippen LogP contribution in [0.25, 0.3) is 0 Å². The Morgan fingerprint density at radius 1 is 1.00 bits per heavy atom. The van der Waals surface area contributed by atoms with Gasteiger partial charge in [-0.05, 0) is 61.5 Å². The van der Waals surface area contributed by atoms with Crippen molar-refractivity contribution in [1.29, 1.82) is 0 Å². The summed E-state index contributed by atoms with van der Waals surface area (Å²) in [5.74, 6) is 1.69. The first-order valence-electron chi connectivity index (χ1n) is 9.16. The summed E-state index contributed by atoms with van der Waals surface area (Å²) in [4.78, 5) is 0. The highest BCUT2D eigenvalue weighted by molar-refractivity contribution is 5.32. The van der Waals surface area contributed by atoms with Gasteiger partial charge in [-0.3, -0.25) is 0 Å². The highest BCUT2D eigenvalue weighted by atomic mass is 14.6. The molecule has 1 saturated carbocycles. The Balaban J connectivity index is 1.49. The van der Waals surface area contributed by atoms with Crippen LogP contribution in [0.1, 0.15) is 81.3 Å². The van der Waals surface area contributed by atoms with E-state index in [2.05, 4.69) is 24.3 Å². The topological polar surface area (TPSA) is 26.0 Å². The van der Waals surface area contributed by atoms with Crippen molar-refractivity contribution in [3.05, 3.63) is 35.4 Å². The van der Waals surface area contributed by atoms with Crippen molar-refractivity contribution in [3.8, 4) is 0 Å². The van der Waals surface area contributed by atoms with Crippen LogP contribution < -0.4 is 5.73 Å². The van der Waals surface area contributed by atoms with Crippen molar-refractivity contribution in [2.45, 2.75) is 82.6 Å². The maximum atomic E-state index is 6.48. The summed E-state index contributed by atoms with van der Waals surface area (Å²) in [5.41, 5.74) is 9.65. The molecule has 2 N–H and O–H groups in total. The molecule has 3 rings (SSSR count). The molecule has 2 aliphatic carbocycles. The fraction of sp³-hybridized carbons (Fsp3) is 0.700. The van der Waals surface area contributed by atoms with Crippen LogP contribution in [-0.2, 0) is 6.42 Å². The Morgan fingerprint density at radius 2 is 1.81 bits per heavy atom. The van der Waals surface area contributed by atoms with E-state index in [0.29, 0.717) is 6.04 Å². The molecular formula is C20H31N. The summed E-state index contributed by atoms with van der Waals surface area (Å²) >= 11 is 0. The number of hydrogen-bond donors (Lipinski definition) is 1. The van der Waals surface area contributed by atoms with E-state index in [-0.39, 0.29) is 0 Å². The van der Waals surface area contributed by atoms with E-state index in [1.54, 1.807) is 11.1 Å². The molecule has 2 atom stereocenters. The molecule has 0 bridgehead atoms. The van der Waals surface area contributed by atoms with Crippen LogP contribution >= 0.6 is 0 Å². The summed E-state index contributed by atoms with van der Waals surface area (Å²) in [6.45, 7) is 0. The maximum Gasteiger partial charge on any atom is 0.00447 e. The van der Waals surface area contributed by atoms with Gasteiger partial charge in [-0.2, -0.15) is 0 Å². The minimum absolute atomic E-state index is 0.406. The first-order chi connectivity index (χ1) is 10.3. The average Bonchev–Trinajstić information content (AvgIpc) is 2.54. The van der Waals surface area contributed by atoms with Gasteiger partial charge >= 0.3 is 0 Å². The average molecular weight is 285 g/mol. The number of hydrogen-bond acceptors (Lipinski definition) is 1. The molecule has 1 aromatic carbocycles. The van der Waals surface area contributed by atoms with Gasteiger partial charge in [-0.25, -0.2) is 0 Å². The Bertz CT molecular complexity index is 433. The number of nitrogens with two attached hydrogens (primary N) is 1. The van der Waals surface area contributed by atoms with Crippen molar-refractivity contribution < 1.29 is 0 Å². The van der Waals surface area contributed by atoms with Crippen LogP contribution in [0, 0.1) is 5.92 Å². The minimum atomic E-state index is 0.406. The van der Waals surface area contributed by atoms with E-state index in [1.807, 2.05) is 0 Å². The predicted octanol–water partition coefficient (Wildman–Crippen LogP) is 5.18. The Hall–Kier alpha value is -0.820. The molecule has 1 heteroatoms. The first-order valence-corrected chi connectivity index (χ1v) is 9.16. The van der Waals surface area contributed by atoms with Gasteiger partial charge in [0.05, 0.1) is 0 Å². The normalized spacial score (nSPS) is 24.5. The van der Waals surface area contributed by atoms with Gasteiger partial charge in [0.25, 0.3) is 0 Å². The molecule has 116 valence electrons. The lowest BCUT2D eigenvalue weighted by molar-refractivity contribution is 0.315. The summed E-state index contributed by atoms with van der Waals surface area (Å²) in [6.07, 6.45) is 15.0. The smallest absolute Gasteiger partial charge is 0.00447 e. The fourth-order valence-corrected chi connectivity index (χ4v) is 4.51. The molecule has 0 aliphatic heterocycles. The second-order valence-corrected chi connectivity index (χ2v) is 7.37. The number of fused-ring (bicyclic) bond motifs is 1. The molecule has 1 aromatic rings. The van der Waals surface area contributed by atoms with E-state index in [1.165, 1.54) is 70.6 Å². The Labute approximate surface area is 130 Å². The maximum absolute atomic E-state index is 6.48. The highest BCUT2D eigenvalue weighted by Crippen LogP contribution is 2.35. The molecule has 1 fully saturated rings. The van der Waals surface area contributed by atoms with Gasteiger partial charge in [0, 0.05) is 6.04 Å². The van der Waals surface area contributed by atoms with Crippen LogP contribution in [0.2, 0.25) is 0 Å². The van der Waals surface area contributed by atoms with Crippen LogP contribution in [0.15, 0.2) is 24.3 Å². The molecule has 2 aliphatic rings. The molecule has 0 saturated heterocycles. The van der Waals surface area contributed by atoms with E-state index in [4.69, 9.17) is 5.73 Å². The lowest BCUT2D eigenvalue weighted by Crippen LogP contribution is -2.25. The standard InChI is InChI=1S/C20H31N/c21-19(14-13-16-7-2-1-3-8-16)15-18-11-6-10-17-9-4-5-12-20(17)18/h4-5,9,12,16,18-19H,1-3,6-8,10-11,13-15,21H2. The molecule has 21 heavy (non-hydrogen) atoms. The Morgan fingerprint density at radius 3 is 2.67 bits per heavy atom. The van der Waals surface area contributed by atoms with Crippen LogP contribution in [0.5, 0.6) is 0 Å². The van der Waals surface area contributed by atoms with Gasteiger partial charge in [-0.15, -0.1) is 0 Å². The quantitative estimate of drug-likeness (QED) is 0.792. The molecule has 0 heterocycles. The molecule has 0 amide bonds. The van der Waals surface area contributed by atoms with Crippen molar-refractivity contribution in [3.63, 3.8) is 0 Å². The zero-order valence-electron chi connectivity index (χ0n) is 13.4. The van der Waals surface area contributed by atoms with Gasteiger partial charge in [0.15, 0.2) is 0 Å². The largest absolute Gasteiger partial charge is 0.328 e. The lowest BCUT2D eigenvalue weighted by atomic mass is 9.78. The molecule has 0 aromatic heterocycles. The molecule has 1 nitrogen and oxygen atoms in total. The van der Waals surface area contributed by atoms with Crippen molar-refractivity contribution >= 4 is 0 Å². The number of benzene rings is 1. The van der Waals surface area contributed by atoms with Gasteiger partial charge < -0.3 is 5.73 Å². The minimum Gasteiger partial charge on any atom is -0.328 e. The highest BCUT2D eigenvalue weighted by Gasteiger charge is 2.22. The third-order valence-corrected chi connectivity index (χ3v) is 5.75. The van der Waals surface area contributed by atoms with E-state index in [0.717, 1.165) is 11.8 Å². The van der Waals surface area contributed by atoms with E-state index >= 15 is 0 Å². The molecule has 0 spiro atoms. The lowest BCUT2D eigenvalue weighted by Gasteiger charge is -2.29. The summed E-state index contributed by atoms with van der Waals surface area (Å²) in [6, 6.07) is 9.44. The van der Waals surface area contributed by atoms with Gasteiger partial charge in [0.1, 0.15) is 0 Å². The van der Waals surface area contributed by atoms with Gasteiger partial charge in [0.2, 0.25) is 0 Å². The molecule has 2 unspecified atom stereocenters. The second kappa shape index (κ2) is 7.45. The third kappa shape index (κ3) is 4.10. The Kier molecular flexibility index (Phi) is 5.35. The summed E-state index contributed by atoms with van der Waals surface area (Å²) in [7, 11) is 0. The summed E-state index contributed by atoms with van der Waals surface area (Å²) in [5, 5.41) is 0. The predicted molar refractivity (Wildman–Crippen MR) is 90.5 cm³/mol. The molecule has 0 radical (unpaired) electrons. The first kappa shape index (κ1) is 15.1. The second-order valence-electron chi connectivity index (χ2n) is 7.37. The number of aryl methyl sites for hydroxylation is 1. The van der Waals surface area contributed by atoms with Crippen LogP contribution in [-0.4, -0.2) is 6.04 Å². The zero-order valence-corrected chi connectivity index (χ0v) is 13.4. The van der Waals surface area contributed by atoms with Gasteiger partial charge in [-0.1, -0.05) is 56.4 Å². The van der Waals surface area contributed by atoms with E-state index < -0.39 is 0 Å². The zero-order chi connectivity index (χ0) is 14.5. The van der Waals surface area contributed by atoms with Crippen LogP contribution in [0.4, 0.5) is 0 Å². The van der Waals surface area contributed by atoms with Crippen LogP contribution in [0.3, 0.4) is 0 Å². The summed E-state index contributed by atoms with van der Waals surface area (Å²) < 4.78 is 0. The van der Waals surface area contributed by atoms with E-state index in [9.17, 15) is 0 Å². The van der Waals surface area contributed by atoms with Crippen molar-refractivity contribution in [2.75, 3.05) is 0 Å². The fourth-order valence-electron chi connectivity index (χ4n) is 4.51. The van der Waals surface area contributed by atoms with Crippen molar-refractivity contribution in [2.24, 2.45) is 11.7 Å². The third-order valence-electron chi connectivity index (χ3n) is 5.75. The monoisotopic (exact) mass is 285 g/mol. The SMILES string of the molecule is NC(CCC1CCCCC1)CC1CCCc2ccccc21. The number of rotatable bonds is 5. The van der Waals surface area contributed by atoms with Crippen molar-refractivity contribution in [1.82, 2.24) is 0 Å². The molecular weight excluding hydrogens is 254 g/mol.